The molecule has 0 aliphatic carbocycles. The van der Waals surface area contributed by atoms with Crippen molar-refractivity contribution in [3.63, 3.8) is 0 Å². The number of alkyl halides is 3. The molecule has 0 fully saturated rings. The van der Waals surface area contributed by atoms with Gasteiger partial charge in [-0.05, 0) is 12.5 Å². The number of hydrogen-bond acceptors (Lipinski definition) is 8. The van der Waals surface area contributed by atoms with Gasteiger partial charge in [0.2, 0.25) is 5.82 Å². The summed E-state index contributed by atoms with van der Waals surface area (Å²) in [6, 6.07) is 2.09. The van der Waals surface area contributed by atoms with E-state index in [1.54, 1.807) is 0 Å². The topological polar surface area (TPSA) is 110 Å². The van der Waals surface area contributed by atoms with Crippen molar-refractivity contribution in [1.82, 2.24) is 29.6 Å². The zero-order chi connectivity index (χ0) is 23.8. The average Bonchev–Trinajstić information content (AvgIpc) is 3.36. The van der Waals surface area contributed by atoms with Gasteiger partial charge in [-0.3, -0.25) is 0 Å². The summed E-state index contributed by atoms with van der Waals surface area (Å²) >= 11 is 1.51. The monoisotopic (exact) mass is 485 g/mol. The van der Waals surface area contributed by atoms with Gasteiger partial charge in [-0.2, -0.15) is 23.1 Å². The second-order valence-electron chi connectivity index (χ2n) is 7.57. The molecule has 0 saturated carbocycles. The van der Waals surface area contributed by atoms with Gasteiger partial charge in [-0.25, -0.2) is 4.79 Å². The van der Waals surface area contributed by atoms with E-state index in [4.69, 9.17) is 9.84 Å². The van der Waals surface area contributed by atoms with Crippen molar-refractivity contribution in [2.45, 2.75) is 39.0 Å². The number of rotatable bonds is 7. The molecular formula is C19H22F3N7O3S. The number of amides is 1. The Labute approximate surface area is 190 Å². The Bertz CT molecular complexity index is 1160. The maximum Gasteiger partial charge on any atom is 0.451 e. The van der Waals surface area contributed by atoms with Crippen LogP contribution in [0.3, 0.4) is 0 Å². The zero-order valence-electron chi connectivity index (χ0n) is 18.0. The SMILES string of the molecule is CCCc1cc2c(N3CCn4c(nnc4C(F)(F)F)C3)nc(OCCN(C)C(=O)O)nc2s1. The quantitative estimate of drug-likeness (QED) is 0.543. The third kappa shape index (κ3) is 4.79. The van der Waals surface area contributed by atoms with E-state index in [0.29, 0.717) is 10.6 Å². The van der Waals surface area contributed by atoms with E-state index in [1.165, 1.54) is 18.4 Å². The standard InChI is InChI=1S/C19H22F3N7O3S/c1-3-4-11-9-12-14(23-17(24-15(12)33-11)32-8-7-27(2)18(30)31)28-5-6-29-13(10-28)25-26-16(29)19(20,21)22/h9H,3-8,10H2,1-2H3,(H,30,31). The first kappa shape index (κ1) is 23.0. The summed E-state index contributed by atoms with van der Waals surface area (Å²) in [5, 5.41) is 16.8. The highest BCUT2D eigenvalue weighted by atomic mass is 32.1. The minimum absolute atomic E-state index is 0.0597. The molecule has 0 unspecified atom stereocenters. The van der Waals surface area contributed by atoms with Crippen molar-refractivity contribution in [1.29, 1.82) is 0 Å². The fourth-order valence-corrected chi connectivity index (χ4v) is 4.65. The number of nitrogens with zero attached hydrogens (tertiary/aromatic N) is 7. The minimum Gasteiger partial charge on any atom is -0.465 e. The molecule has 178 valence electrons. The Hall–Kier alpha value is -3.16. The number of halogens is 3. The van der Waals surface area contributed by atoms with Gasteiger partial charge < -0.3 is 24.2 Å². The fourth-order valence-electron chi connectivity index (χ4n) is 3.53. The maximum absolute atomic E-state index is 13.2. The lowest BCUT2D eigenvalue weighted by atomic mass is 10.2. The molecule has 1 aliphatic rings. The van der Waals surface area contributed by atoms with Crippen molar-refractivity contribution in [3.05, 3.63) is 22.6 Å². The van der Waals surface area contributed by atoms with Crippen molar-refractivity contribution < 1.29 is 27.8 Å². The molecule has 0 spiro atoms. The summed E-state index contributed by atoms with van der Waals surface area (Å²) in [6.45, 7) is 2.71. The van der Waals surface area contributed by atoms with Crippen LogP contribution in [0, 0.1) is 0 Å². The lowest BCUT2D eigenvalue weighted by Crippen LogP contribution is -2.36. The number of thiophene rings is 1. The first-order chi connectivity index (χ1) is 15.7. The molecule has 0 radical (unpaired) electrons. The van der Waals surface area contributed by atoms with E-state index >= 15 is 0 Å². The lowest BCUT2D eigenvalue weighted by Gasteiger charge is -2.29. The normalized spacial score (nSPS) is 13.9. The predicted molar refractivity (Wildman–Crippen MR) is 114 cm³/mol. The summed E-state index contributed by atoms with van der Waals surface area (Å²) in [5.41, 5.74) is 0. The first-order valence-electron chi connectivity index (χ1n) is 10.3. The van der Waals surface area contributed by atoms with Crippen molar-refractivity contribution in [2.75, 3.05) is 31.6 Å². The van der Waals surface area contributed by atoms with Gasteiger partial charge in [-0.1, -0.05) is 13.3 Å². The number of aromatic nitrogens is 5. The Morgan fingerprint density at radius 3 is 2.79 bits per heavy atom. The number of fused-ring (bicyclic) bond motifs is 2. The van der Waals surface area contributed by atoms with E-state index in [-0.39, 0.29) is 44.6 Å². The first-order valence-corrected chi connectivity index (χ1v) is 11.1. The average molecular weight is 485 g/mol. The number of hydrogen-bond donors (Lipinski definition) is 1. The Morgan fingerprint density at radius 2 is 2.09 bits per heavy atom. The van der Waals surface area contributed by atoms with Crippen LogP contribution in [0.25, 0.3) is 10.2 Å². The van der Waals surface area contributed by atoms with E-state index in [1.807, 2.05) is 11.0 Å². The predicted octanol–water partition coefficient (Wildman–Crippen LogP) is 3.26. The number of aryl methyl sites for hydroxylation is 1. The third-order valence-corrected chi connectivity index (χ3v) is 6.28. The van der Waals surface area contributed by atoms with Gasteiger partial charge in [0, 0.05) is 25.0 Å². The van der Waals surface area contributed by atoms with Crippen molar-refractivity contribution in [2.24, 2.45) is 0 Å². The lowest BCUT2D eigenvalue weighted by molar-refractivity contribution is -0.147. The molecular weight excluding hydrogens is 463 g/mol. The highest BCUT2D eigenvalue weighted by Gasteiger charge is 2.39. The summed E-state index contributed by atoms with van der Waals surface area (Å²) in [7, 11) is 1.43. The van der Waals surface area contributed by atoms with Crippen LogP contribution in [-0.2, 0) is 25.7 Å². The summed E-state index contributed by atoms with van der Waals surface area (Å²) in [5.74, 6) is -0.254. The van der Waals surface area contributed by atoms with Crippen LogP contribution in [0.1, 0.15) is 29.9 Å². The molecule has 0 bridgehead atoms. The summed E-state index contributed by atoms with van der Waals surface area (Å²) in [4.78, 5) is 24.7. The fraction of sp³-hybridized carbons (Fsp3) is 0.526. The van der Waals surface area contributed by atoms with E-state index in [9.17, 15) is 18.0 Å². The molecule has 4 rings (SSSR count). The van der Waals surface area contributed by atoms with Gasteiger partial charge in [0.05, 0.1) is 18.5 Å². The van der Waals surface area contributed by atoms with E-state index in [0.717, 1.165) is 32.6 Å². The molecule has 0 atom stereocenters. The van der Waals surface area contributed by atoms with Crippen LogP contribution in [-0.4, -0.2) is 67.6 Å². The highest BCUT2D eigenvalue weighted by Crippen LogP contribution is 2.35. The van der Waals surface area contributed by atoms with Crippen molar-refractivity contribution >= 4 is 33.5 Å². The van der Waals surface area contributed by atoms with Crippen molar-refractivity contribution in [3.8, 4) is 6.01 Å². The summed E-state index contributed by atoms with van der Waals surface area (Å²) in [6.07, 6.45) is -3.83. The highest BCUT2D eigenvalue weighted by molar-refractivity contribution is 7.18. The van der Waals surface area contributed by atoms with Gasteiger partial charge in [-0.15, -0.1) is 21.5 Å². The molecule has 3 aromatic heterocycles. The van der Waals surface area contributed by atoms with Crippen LogP contribution in [0.5, 0.6) is 6.01 Å². The zero-order valence-corrected chi connectivity index (χ0v) is 18.8. The van der Waals surface area contributed by atoms with Gasteiger partial charge in [0.15, 0.2) is 5.82 Å². The van der Waals surface area contributed by atoms with Crippen LogP contribution >= 0.6 is 11.3 Å². The number of ether oxygens (including phenoxy) is 1. The molecule has 33 heavy (non-hydrogen) atoms. The molecule has 0 saturated heterocycles. The van der Waals surface area contributed by atoms with E-state index in [2.05, 4.69) is 27.1 Å². The second-order valence-corrected chi connectivity index (χ2v) is 8.69. The Kier molecular flexibility index (Phi) is 6.28. The maximum atomic E-state index is 13.2. The number of likely N-dealkylation sites (N-methyl/N-ethyl adjacent to an activating group) is 1. The largest absolute Gasteiger partial charge is 0.465 e. The molecule has 14 heteroatoms. The Balaban J connectivity index is 1.64. The summed E-state index contributed by atoms with van der Waals surface area (Å²) < 4.78 is 46.2. The third-order valence-electron chi connectivity index (χ3n) is 5.19. The molecule has 4 heterocycles. The van der Waals surface area contributed by atoms with Crippen LogP contribution in [0.4, 0.5) is 23.8 Å². The number of carbonyl (C=O) groups is 1. The molecule has 3 aromatic rings. The number of anilines is 1. The second kappa shape index (κ2) is 9.00. The molecule has 1 N–H and O–H groups in total. The molecule has 0 aromatic carbocycles. The number of carboxylic acid groups (broad SMARTS) is 1. The Morgan fingerprint density at radius 1 is 1.30 bits per heavy atom. The van der Waals surface area contributed by atoms with Crippen LogP contribution in [0.15, 0.2) is 6.07 Å². The van der Waals surface area contributed by atoms with Crippen LogP contribution < -0.4 is 9.64 Å². The minimum atomic E-state index is -4.57. The smallest absolute Gasteiger partial charge is 0.451 e. The molecule has 1 aliphatic heterocycles. The van der Waals surface area contributed by atoms with Gasteiger partial charge >= 0.3 is 18.3 Å². The van der Waals surface area contributed by atoms with E-state index < -0.39 is 18.1 Å². The van der Waals surface area contributed by atoms with Gasteiger partial charge in [0.25, 0.3) is 0 Å². The molecule has 10 nitrogen and oxygen atoms in total. The van der Waals surface area contributed by atoms with Crippen LogP contribution in [0.2, 0.25) is 0 Å². The molecule has 1 amide bonds. The van der Waals surface area contributed by atoms with Gasteiger partial charge in [0.1, 0.15) is 17.3 Å².